The first-order valence-electron chi connectivity index (χ1n) is 6.68. The third kappa shape index (κ3) is 2.85. The van der Waals surface area contributed by atoms with E-state index in [2.05, 4.69) is 27.3 Å². The van der Waals surface area contributed by atoms with Gasteiger partial charge in [-0.25, -0.2) is 0 Å². The summed E-state index contributed by atoms with van der Waals surface area (Å²) in [5.74, 6) is 0.953. The molecule has 92 valence electrons. The van der Waals surface area contributed by atoms with Gasteiger partial charge in [0.2, 0.25) is 0 Å². The van der Waals surface area contributed by atoms with Crippen LogP contribution in [0.3, 0.4) is 0 Å². The highest BCUT2D eigenvalue weighted by Gasteiger charge is 2.33. The van der Waals surface area contributed by atoms with Gasteiger partial charge in [-0.3, -0.25) is 9.88 Å². The van der Waals surface area contributed by atoms with Gasteiger partial charge in [0.15, 0.2) is 0 Å². The van der Waals surface area contributed by atoms with Crippen molar-refractivity contribution in [2.24, 2.45) is 5.92 Å². The van der Waals surface area contributed by atoms with E-state index >= 15 is 0 Å². The van der Waals surface area contributed by atoms with Gasteiger partial charge in [0, 0.05) is 44.1 Å². The van der Waals surface area contributed by atoms with Crippen LogP contribution in [0, 0.1) is 12.8 Å². The molecular weight excluding hydrogens is 210 g/mol. The Bertz CT molecular complexity index is 370. The van der Waals surface area contributed by atoms with Crippen molar-refractivity contribution in [3.8, 4) is 0 Å². The second kappa shape index (κ2) is 4.75. The zero-order chi connectivity index (χ0) is 11.7. The Balaban J connectivity index is 1.58. The number of rotatable bonds is 3. The van der Waals surface area contributed by atoms with Crippen molar-refractivity contribution >= 4 is 0 Å². The van der Waals surface area contributed by atoms with Crippen molar-refractivity contribution in [3.63, 3.8) is 0 Å². The van der Waals surface area contributed by atoms with Crippen molar-refractivity contribution in [2.45, 2.75) is 32.4 Å². The van der Waals surface area contributed by atoms with Crippen LogP contribution >= 0.6 is 0 Å². The van der Waals surface area contributed by atoms with Crippen LogP contribution in [0.5, 0.6) is 0 Å². The van der Waals surface area contributed by atoms with E-state index in [9.17, 15) is 0 Å². The molecule has 1 aliphatic heterocycles. The molecule has 2 fully saturated rings. The Morgan fingerprint density at radius 2 is 2.29 bits per heavy atom. The minimum atomic E-state index is 0.738. The lowest BCUT2D eigenvalue weighted by Gasteiger charge is -2.33. The van der Waals surface area contributed by atoms with Crippen LogP contribution in [0.15, 0.2) is 18.3 Å². The summed E-state index contributed by atoms with van der Waals surface area (Å²) in [6.45, 7) is 6.60. The topological polar surface area (TPSA) is 28.2 Å². The predicted octanol–water partition coefficient (Wildman–Crippen LogP) is 1.57. The number of hydrogen-bond acceptors (Lipinski definition) is 3. The molecule has 2 aliphatic rings. The van der Waals surface area contributed by atoms with E-state index in [1.54, 1.807) is 0 Å². The maximum atomic E-state index is 4.37. The van der Waals surface area contributed by atoms with E-state index in [1.807, 2.05) is 13.1 Å². The van der Waals surface area contributed by atoms with Crippen LogP contribution in [0.25, 0.3) is 0 Å². The Hall–Kier alpha value is -0.930. The molecule has 1 aliphatic carbocycles. The minimum absolute atomic E-state index is 0.738. The zero-order valence-corrected chi connectivity index (χ0v) is 10.5. The summed E-state index contributed by atoms with van der Waals surface area (Å²) >= 11 is 0. The maximum Gasteiger partial charge on any atom is 0.0372 e. The molecule has 0 bridgehead atoms. The number of pyridine rings is 1. The van der Waals surface area contributed by atoms with E-state index in [4.69, 9.17) is 0 Å². The van der Waals surface area contributed by atoms with Crippen LogP contribution in [-0.2, 0) is 6.54 Å². The average molecular weight is 231 g/mol. The lowest BCUT2D eigenvalue weighted by atomic mass is 10.1. The van der Waals surface area contributed by atoms with Crippen LogP contribution in [-0.4, -0.2) is 35.6 Å². The van der Waals surface area contributed by atoms with Gasteiger partial charge in [-0.1, -0.05) is 6.07 Å². The number of piperazine rings is 1. The SMILES string of the molecule is Cc1ccc(CN2CCNC(C3CC3)C2)cn1. The van der Waals surface area contributed by atoms with E-state index in [0.717, 1.165) is 37.3 Å². The molecule has 1 aromatic rings. The van der Waals surface area contributed by atoms with Crippen LogP contribution in [0.2, 0.25) is 0 Å². The molecule has 1 unspecified atom stereocenters. The zero-order valence-electron chi connectivity index (χ0n) is 10.5. The van der Waals surface area contributed by atoms with Crippen LogP contribution in [0.4, 0.5) is 0 Å². The van der Waals surface area contributed by atoms with E-state index in [-0.39, 0.29) is 0 Å². The van der Waals surface area contributed by atoms with Gasteiger partial charge in [-0.15, -0.1) is 0 Å². The van der Waals surface area contributed by atoms with Crippen molar-refractivity contribution in [3.05, 3.63) is 29.6 Å². The molecule has 17 heavy (non-hydrogen) atoms. The van der Waals surface area contributed by atoms with E-state index in [0.29, 0.717) is 0 Å². The summed E-state index contributed by atoms with van der Waals surface area (Å²) in [7, 11) is 0. The molecule has 3 rings (SSSR count). The smallest absolute Gasteiger partial charge is 0.0372 e. The van der Waals surface area contributed by atoms with Gasteiger partial charge in [0.1, 0.15) is 0 Å². The van der Waals surface area contributed by atoms with Crippen molar-refractivity contribution in [2.75, 3.05) is 19.6 Å². The average Bonchev–Trinajstić information content (AvgIpc) is 3.17. The number of nitrogens with zero attached hydrogens (tertiary/aromatic N) is 2. The van der Waals surface area contributed by atoms with E-state index < -0.39 is 0 Å². The summed E-state index contributed by atoms with van der Waals surface area (Å²) in [5.41, 5.74) is 2.44. The van der Waals surface area contributed by atoms with Crippen molar-refractivity contribution in [1.29, 1.82) is 0 Å². The van der Waals surface area contributed by atoms with Crippen LogP contribution < -0.4 is 5.32 Å². The Morgan fingerprint density at radius 3 is 3.00 bits per heavy atom. The number of aromatic nitrogens is 1. The molecule has 1 N–H and O–H groups in total. The fraction of sp³-hybridized carbons (Fsp3) is 0.643. The predicted molar refractivity (Wildman–Crippen MR) is 68.8 cm³/mol. The molecule has 0 radical (unpaired) electrons. The van der Waals surface area contributed by atoms with Crippen molar-refractivity contribution in [1.82, 2.24) is 15.2 Å². The van der Waals surface area contributed by atoms with Crippen LogP contribution in [0.1, 0.15) is 24.1 Å². The summed E-state index contributed by atoms with van der Waals surface area (Å²) in [4.78, 5) is 6.93. The monoisotopic (exact) mass is 231 g/mol. The quantitative estimate of drug-likeness (QED) is 0.856. The highest BCUT2D eigenvalue weighted by atomic mass is 15.2. The maximum absolute atomic E-state index is 4.37. The van der Waals surface area contributed by atoms with Gasteiger partial charge < -0.3 is 5.32 Å². The summed E-state index contributed by atoms with van der Waals surface area (Å²) in [6, 6.07) is 5.05. The van der Waals surface area contributed by atoms with Gasteiger partial charge in [0.25, 0.3) is 0 Å². The lowest BCUT2D eigenvalue weighted by molar-refractivity contribution is 0.181. The van der Waals surface area contributed by atoms with Gasteiger partial charge in [-0.05, 0) is 37.3 Å². The second-order valence-corrected chi connectivity index (χ2v) is 5.44. The molecule has 1 aromatic heterocycles. The molecule has 0 spiro atoms. The normalized spacial score (nSPS) is 26.1. The number of aryl methyl sites for hydroxylation is 1. The largest absolute Gasteiger partial charge is 0.311 e. The summed E-state index contributed by atoms with van der Waals surface area (Å²) in [5, 5.41) is 3.65. The standard InChI is InChI=1S/C14H21N3/c1-11-2-3-12(8-16-11)9-17-7-6-15-14(10-17)13-4-5-13/h2-3,8,13-15H,4-7,9-10H2,1H3. The summed E-state index contributed by atoms with van der Waals surface area (Å²) < 4.78 is 0. The molecule has 1 atom stereocenters. The number of hydrogen-bond donors (Lipinski definition) is 1. The third-order valence-corrected chi connectivity index (χ3v) is 3.86. The first-order valence-corrected chi connectivity index (χ1v) is 6.68. The second-order valence-electron chi connectivity index (χ2n) is 5.44. The molecule has 1 saturated carbocycles. The Morgan fingerprint density at radius 1 is 1.41 bits per heavy atom. The number of nitrogens with one attached hydrogen (secondary N) is 1. The first kappa shape index (κ1) is 11.2. The molecule has 0 aromatic carbocycles. The lowest BCUT2D eigenvalue weighted by Crippen LogP contribution is -2.51. The molecular formula is C14H21N3. The minimum Gasteiger partial charge on any atom is -0.311 e. The van der Waals surface area contributed by atoms with Gasteiger partial charge >= 0.3 is 0 Å². The Labute approximate surface area is 103 Å². The highest BCUT2D eigenvalue weighted by molar-refractivity contribution is 5.13. The third-order valence-electron chi connectivity index (χ3n) is 3.86. The molecule has 1 saturated heterocycles. The Kier molecular flexibility index (Phi) is 3.12. The highest BCUT2D eigenvalue weighted by Crippen LogP contribution is 2.33. The molecule has 0 amide bonds. The molecule has 2 heterocycles. The van der Waals surface area contributed by atoms with Gasteiger partial charge in [0.05, 0.1) is 0 Å². The van der Waals surface area contributed by atoms with E-state index in [1.165, 1.54) is 24.9 Å². The summed E-state index contributed by atoms with van der Waals surface area (Å²) in [6.07, 6.45) is 4.87. The first-order chi connectivity index (χ1) is 8.31. The fourth-order valence-electron chi connectivity index (χ4n) is 2.65. The van der Waals surface area contributed by atoms with Crippen molar-refractivity contribution < 1.29 is 0 Å². The van der Waals surface area contributed by atoms with Gasteiger partial charge in [-0.2, -0.15) is 0 Å². The molecule has 3 heteroatoms. The fourth-order valence-corrected chi connectivity index (χ4v) is 2.65. The molecule has 3 nitrogen and oxygen atoms in total.